The van der Waals surface area contributed by atoms with Crippen LogP contribution < -0.4 is 4.90 Å². The Hall–Kier alpha value is -0.730. The molecular weight excluding hydrogens is 209 g/mol. The van der Waals surface area contributed by atoms with E-state index in [2.05, 4.69) is 0 Å². The molecule has 13 heavy (non-hydrogen) atoms. The zero-order chi connectivity index (χ0) is 9.42. The van der Waals surface area contributed by atoms with Gasteiger partial charge in [-0.25, -0.2) is 0 Å². The Morgan fingerprint density at radius 2 is 2.00 bits per heavy atom. The summed E-state index contributed by atoms with van der Waals surface area (Å²) in [4.78, 5) is 12.8. The number of carbonyl (C=O) groups is 1. The fourth-order valence-electron chi connectivity index (χ4n) is 1.24. The van der Waals surface area contributed by atoms with Crippen molar-refractivity contribution in [3.8, 4) is 0 Å². The summed E-state index contributed by atoms with van der Waals surface area (Å²) in [5.41, 5.74) is 0.825. The Bertz CT molecular complexity index is 365. The molecule has 0 spiro atoms. The molecule has 0 radical (unpaired) electrons. The molecule has 1 saturated heterocycles. The van der Waals surface area contributed by atoms with Crippen molar-refractivity contribution < 1.29 is 4.79 Å². The average Bonchev–Trinajstić information content (AvgIpc) is 2.09. The number of hydrogen-bond donors (Lipinski definition) is 0. The molecule has 2 nitrogen and oxygen atoms in total. The van der Waals surface area contributed by atoms with E-state index in [1.54, 1.807) is 23.1 Å². The van der Waals surface area contributed by atoms with E-state index < -0.39 is 0 Å². The van der Waals surface area contributed by atoms with Crippen LogP contribution in [0.2, 0.25) is 10.0 Å². The van der Waals surface area contributed by atoms with E-state index in [0.717, 1.165) is 12.2 Å². The Morgan fingerprint density at radius 1 is 1.23 bits per heavy atom. The summed E-state index contributed by atoms with van der Waals surface area (Å²) >= 11 is 11.6. The van der Waals surface area contributed by atoms with Crippen LogP contribution >= 0.6 is 23.2 Å². The van der Waals surface area contributed by atoms with Gasteiger partial charge in [-0.05, 0) is 18.2 Å². The van der Waals surface area contributed by atoms with Gasteiger partial charge in [-0.15, -0.1) is 0 Å². The van der Waals surface area contributed by atoms with Crippen LogP contribution in [-0.4, -0.2) is 12.5 Å². The topological polar surface area (TPSA) is 20.3 Å². The van der Waals surface area contributed by atoms with Crippen molar-refractivity contribution in [1.82, 2.24) is 0 Å². The second kappa shape index (κ2) is 3.20. The molecule has 0 unspecified atom stereocenters. The number of carbonyl (C=O) groups excluding carboxylic acids is 1. The molecule has 1 amide bonds. The number of benzene rings is 1. The average molecular weight is 216 g/mol. The van der Waals surface area contributed by atoms with Gasteiger partial charge in [0.2, 0.25) is 5.91 Å². The summed E-state index contributed by atoms with van der Waals surface area (Å²) in [7, 11) is 0. The fraction of sp³-hybridized carbons (Fsp3) is 0.222. The minimum absolute atomic E-state index is 0.137. The molecule has 0 bridgehead atoms. The van der Waals surface area contributed by atoms with Gasteiger partial charge >= 0.3 is 0 Å². The largest absolute Gasteiger partial charge is 0.312 e. The Kier molecular flexibility index (Phi) is 2.18. The molecule has 0 N–H and O–H groups in total. The van der Waals surface area contributed by atoms with Crippen LogP contribution in [0.1, 0.15) is 6.42 Å². The zero-order valence-electron chi connectivity index (χ0n) is 6.76. The highest BCUT2D eigenvalue weighted by atomic mass is 35.5. The number of rotatable bonds is 1. The van der Waals surface area contributed by atoms with Crippen LogP contribution in [0, 0.1) is 0 Å². The fourth-order valence-corrected chi connectivity index (χ4v) is 1.53. The minimum atomic E-state index is 0.137. The third-order valence-electron chi connectivity index (χ3n) is 2.07. The second-order valence-electron chi connectivity index (χ2n) is 2.89. The first-order chi connectivity index (χ1) is 6.18. The van der Waals surface area contributed by atoms with E-state index in [0.29, 0.717) is 16.5 Å². The SMILES string of the molecule is O=C1CCN1c1ccc(Cl)c(Cl)c1. The predicted octanol–water partition coefficient (Wildman–Crippen LogP) is 2.73. The third kappa shape index (κ3) is 1.52. The Labute approximate surface area is 86.0 Å². The second-order valence-corrected chi connectivity index (χ2v) is 3.71. The Balaban J connectivity index is 2.31. The molecule has 0 atom stereocenters. The van der Waals surface area contributed by atoms with Gasteiger partial charge in [0.05, 0.1) is 10.0 Å². The summed E-state index contributed by atoms with van der Waals surface area (Å²) in [6, 6.07) is 5.21. The first-order valence-electron chi connectivity index (χ1n) is 3.94. The van der Waals surface area contributed by atoms with Crippen LogP contribution in [0.25, 0.3) is 0 Å². The van der Waals surface area contributed by atoms with E-state index in [4.69, 9.17) is 23.2 Å². The van der Waals surface area contributed by atoms with Crippen LogP contribution in [0.4, 0.5) is 5.69 Å². The lowest BCUT2D eigenvalue weighted by Gasteiger charge is -2.30. The predicted molar refractivity (Wildman–Crippen MR) is 53.4 cm³/mol. The summed E-state index contributed by atoms with van der Waals surface area (Å²) in [5, 5.41) is 0.997. The number of β-lactam (4-membered cyclic amide) rings is 1. The van der Waals surface area contributed by atoms with Crippen molar-refractivity contribution in [1.29, 1.82) is 0 Å². The monoisotopic (exact) mass is 215 g/mol. The summed E-state index contributed by atoms with van der Waals surface area (Å²) in [6.45, 7) is 0.775. The zero-order valence-corrected chi connectivity index (χ0v) is 8.27. The van der Waals surface area contributed by atoms with E-state index in [1.165, 1.54) is 0 Å². The van der Waals surface area contributed by atoms with E-state index in [1.807, 2.05) is 0 Å². The van der Waals surface area contributed by atoms with Gasteiger partial charge in [-0.2, -0.15) is 0 Å². The van der Waals surface area contributed by atoms with Crippen LogP contribution in [0.5, 0.6) is 0 Å². The van der Waals surface area contributed by atoms with Gasteiger partial charge in [0, 0.05) is 18.7 Å². The maximum absolute atomic E-state index is 11.1. The normalized spacial score (nSPS) is 15.8. The van der Waals surface area contributed by atoms with Gasteiger partial charge < -0.3 is 4.90 Å². The molecule has 0 saturated carbocycles. The molecule has 4 heteroatoms. The van der Waals surface area contributed by atoms with Gasteiger partial charge in [0.15, 0.2) is 0 Å². The van der Waals surface area contributed by atoms with Gasteiger partial charge in [0.1, 0.15) is 0 Å². The molecule has 1 aromatic carbocycles. The molecule has 1 aliphatic heterocycles. The highest BCUT2D eigenvalue weighted by molar-refractivity contribution is 6.42. The number of halogens is 2. The Morgan fingerprint density at radius 3 is 2.46 bits per heavy atom. The lowest BCUT2D eigenvalue weighted by Crippen LogP contribution is -2.43. The highest BCUT2D eigenvalue weighted by Gasteiger charge is 2.25. The third-order valence-corrected chi connectivity index (χ3v) is 2.80. The summed E-state index contributed by atoms with van der Waals surface area (Å²) < 4.78 is 0. The van der Waals surface area contributed by atoms with Crippen LogP contribution in [0.15, 0.2) is 18.2 Å². The van der Waals surface area contributed by atoms with Gasteiger partial charge in [-0.1, -0.05) is 23.2 Å². The number of nitrogens with zero attached hydrogens (tertiary/aromatic N) is 1. The van der Waals surface area contributed by atoms with Crippen molar-refractivity contribution >= 4 is 34.8 Å². The molecule has 68 valence electrons. The molecule has 1 aromatic rings. The first kappa shape index (κ1) is 8.85. The van der Waals surface area contributed by atoms with E-state index in [9.17, 15) is 4.79 Å². The molecule has 1 heterocycles. The summed E-state index contributed by atoms with van der Waals surface area (Å²) in [6.07, 6.45) is 0.625. The van der Waals surface area contributed by atoms with Crippen molar-refractivity contribution in [3.63, 3.8) is 0 Å². The maximum Gasteiger partial charge on any atom is 0.228 e. The highest BCUT2D eigenvalue weighted by Crippen LogP contribution is 2.29. The van der Waals surface area contributed by atoms with E-state index >= 15 is 0 Å². The number of hydrogen-bond acceptors (Lipinski definition) is 1. The molecule has 1 fully saturated rings. The van der Waals surface area contributed by atoms with E-state index in [-0.39, 0.29) is 5.91 Å². The minimum Gasteiger partial charge on any atom is -0.312 e. The van der Waals surface area contributed by atoms with Gasteiger partial charge in [0.25, 0.3) is 0 Å². The van der Waals surface area contributed by atoms with Crippen LogP contribution in [0.3, 0.4) is 0 Å². The quantitative estimate of drug-likeness (QED) is 0.661. The van der Waals surface area contributed by atoms with Crippen molar-refractivity contribution in [2.24, 2.45) is 0 Å². The smallest absolute Gasteiger partial charge is 0.228 e. The lowest BCUT2D eigenvalue weighted by molar-refractivity contribution is -0.122. The van der Waals surface area contributed by atoms with Gasteiger partial charge in [-0.3, -0.25) is 4.79 Å². The molecular formula is C9H7Cl2NO. The van der Waals surface area contributed by atoms with Crippen molar-refractivity contribution in [3.05, 3.63) is 28.2 Å². The first-order valence-corrected chi connectivity index (χ1v) is 4.69. The standard InChI is InChI=1S/C9H7Cl2NO/c10-7-2-1-6(5-8(7)11)12-4-3-9(12)13/h1-2,5H,3-4H2. The number of amides is 1. The molecule has 0 aliphatic carbocycles. The number of anilines is 1. The van der Waals surface area contributed by atoms with Crippen molar-refractivity contribution in [2.75, 3.05) is 11.4 Å². The lowest BCUT2D eigenvalue weighted by atomic mass is 10.1. The van der Waals surface area contributed by atoms with Crippen LogP contribution in [-0.2, 0) is 4.79 Å². The maximum atomic E-state index is 11.1. The molecule has 1 aliphatic rings. The molecule has 0 aromatic heterocycles. The summed E-state index contributed by atoms with van der Waals surface area (Å²) in [5.74, 6) is 0.137. The molecule has 2 rings (SSSR count). The van der Waals surface area contributed by atoms with Crippen molar-refractivity contribution in [2.45, 2.75) is 6.42 Å².